The summed E-state index contributed by atoms with van der Waals surface area (Å²) in [5.74, 6) is 1.98. The summed E-state index contributed by atoms with van der Waals surface area (Å²) >= 11 is 0. The summed E-state index contributed by atoms with van der Waals surface area (Å²) in [6, 6.07) is 0. The molecule has 1 fully saturated rings. The molecule has 2 nitrogen and oxygen atoms in total. The molecule has 1 aliphatic carbocycles. The van der Waals surface area contributed by atoms with E-state index in [1.165, 1.54) is 51.5 Å². The van der Waals surface area contributed by atoms with Gasteiger partial charge in [-0.15, -0.1) is 0 Å². The summed E-state index contributed by atoms with van der Waals surface area (Å²) in [5, 5.41) is 8.96. The molecule has 17 heavy (non-hydrogen) atoms. The Morgan fingerprint density at radius 1 is 0.941 bits per heavy atom. The van der Waals surface area contributed by atoms with Crippen molar-refractivity contribution < 1.29 is 5.11 Å². The van der Waals surface area contributed by atoms with Crippen LogP contribution in [0.5, 0.6) is 0 Å². The van der Waals surface area contributed by atoms with Gasteiger partial charge in [0.05, 0.1) is 6.61 Å². The van der Waals surface area contributed by atoms with E-state index >= 15 is 0 Å². The van der Waals surface area contributed by atoms with E-state index in [1.54, 1.807) is 0 Å². The van der Waals surface area contributed by atoms with Crippen molar-refractivity contribution >= 4 is 0 Å². The first-order valence-electron chi connectivity index (χ1n) is 7.63. The molecule has 1 aliphatic rings. The maximum absolute atomic E-state index is 8.96. The summed E-state index contributed by atoms with van der Waals surface area (Å²) in [4.78, 5) is 2.37. The zero-order chi connectivity index (χ0) is 12.5. The van der Waals surface area contributed by atoms with Gasteiger partial charge >= 0.3 is 0 Å². The van der Waals surface area contributed by atoms with Crippen LogP contribution in [0, 0.1) is 11.8 Å². The van der Waals surface area contributed by atoms with Gasteiger partial charge in [-0.2, -0.15) is 0 Å². The first-order valence-corrected chi connectivity index (χ1v) is 7.63. The number of hydrogen-bond donors (Lipinski definition) is 1. The molecule has 0 saturated heterocycles. The van der Waals surface area contributed by atoms with E-state index in [0.29, 0.717) is 6.61 Å². The molecule has 0 amide bonds. The first-order chi connectivity index (χ1) is 8.30. The lowest BCUT2D eigenvalue weighted by molar-refractivity contribution is 0.177. The Morgan fingerprint density at radius 2 is 1.53 bits per heavy atom. The number of aliphatic hydroxyl groups is 1. The van der Waals surface area contributed by atoms with Gasteiger partial charge in [0.1, 0.15) is 0 Å². The minimum absolute atomic E-state index is 0.303. The van der Waals surface area contributed by atoms with Crippen molar-refractivity contribution in [2.24, 2.45) is 11.8 Å². The predicted molar refractivity (Wildman–Crippen MR) is 74.2 cm³/mol. The van der Waals surface area contributed by atoms with Gasteiger partial charge in [-0.05, 0) is 31.3 Å². The van der Waals surface area contributed by atoms with Crippen LogP contribution in [0.3, 0.4) is 0 Å². The third kappa shape index (κ3) is 5.87. The van der Waals surface area contributed by atoms with E-state index in [4.69, 9.17) is 5.11 Å². The highest BCUT2D eigenvalue weighted by molar-refractivity contribution is 4.73. The molecular formula is C15H31NO. The van der Waals surface area contributed by atoms with Gasteiger partial charge in [-0.3, -0.25) is 0 Å². The fraction of sp³-hybridized carbons (Fsp3) is 1.00. The molecule has 0 heterocycles. The Labute approximate surface area is 107 Å². The highest BCUT2D eigenvalue weighted by atomic mass is 16.3. The minimum atomic E-state index is 0.303. The van der Waals surface area contributed by atoms with Crippen LogP contribution >= 0.6 is 0 Å². The van der Waals surface area contributed by atoms with Crippen LogP contribution in [-0.4, -0.2) is 36.2 Å². The summed E-state index contributed by atoms with van der Waals surface area (Å²) in [6.45, 7) is 7.90. The summed E-state index contributed by atoms with van der Waals surface area (Å²) in [7, 11) is 0. The third-order valence-corrected chi connectivity index (χ3v) is 4.38. The number of hydrogen-bond acceptors (Lipinski definition) is 2. The molecule has 0 atom stereocenters. The molecule has 0 bridgehead atoms. The molecule has 0 aromatic heterocycles. The molecule has 0 aliphatic heterocycles. The van der Waals surface area contributed by atoms with Crippen LogP contribution in [-0.2, 0) is 0 Å². The van der Waals surface area contributed by atoms with E-state index in [-0.39, 0.29) is 0 Å². The van der Waals surface area contributed by atoms with E-state index in [2.05, 4.69) is 18.7 Å². The molecule has 102 valence electrons. The fourth-order valence-corrected chi connectivity index (χ4v) is 3.15. The Bertz CT molecular complexity index is 176. The van der Waals surface area contributed by atoms with Gasteiger partial charge < -0.3 is 10.0 Å². The van der Waals surface area contributed by atoms with Crippen LogP contribution < -0.4 is 0 Å². The Balaban J connectivity index is 2.12. The lowest BCUT2D eigenvalue weighted by atomic mass is 9.79. The van der Waals surface area contributed by atoms with Crippen molar-refractivity contribution in [1.82, 2.24) is 4.90 Å². The second-order valence-corrected chi connectivity index (χ2v) is 5.62. The van der Waals surface area contributed by atoms with Crippen LogP contribution in [0.4, 0.5) is 0 Å². The maximum Gasteiger partial charge on any atom is 0.0558 e. The predicted octanol–water partition coefficient (Wildman–Crippen LogP) is 3.30. The number of rotatable bonds is 8. The van der Waals surface area contributed by atoms with Crippen LogP contribution in [0.15, 0.2) is 0 Å². The normalized spacial score (nSPS) is 25.4. The smallest absolute Gasteiger partial charge is 0.0558 e. The zero-order valence-electron chi connectivity index (χ0n) is 11.8. The second-order valence-electron chi connectivity index (χ2n) is 5.62. The Hall–Kier alpha value is -0.0800. The molecule has 1 N–H and O–H groups in total. The Kier molecular flexibility index (Phi) is 7.87. The molecule has 2 heteroatoms. The van der Waals surface area contributed by atoms with Crippen LogP contribution in [0.1, 0.15) is 58.8 Å². The molecule has 1 rings (SSSR count). The van der Waals surface area contributed by atoms with E-state index < -0.39 is 0 Å². The average molecular weight is 241 g/mol. The van der Waals surface area contributed by atoms with Crippen LogP contribution in [0.2, 0.25) is 0 Å². The molecule has 0 unspecified atom stereocenters. The quantitative estimate of drug-likeness (QED) is 0.705. The van der Waals surface area contributed by atoms with E-state index in [0.717, 1.165) is 24.9 Å². The Morgan fingerprint density at radius 3 is 2.00 bits per heavy atom. The lowest BCUT2D eigenvalue weighted by Gasteiger charge is -2.30. The third-order valence-electron chi connectivity index (χ3n) is 4.38. The van der Waals surface area contributed by atoms with Gasteiger partial charge in [0, 0.05) is 6.54 Å². The SMILES string of the molecule is CCCC1CCC(CCN(CC)CCO)CC1. The van der Waals surface area contributed by atoms with Crippen molar-refractivity contribution in [2.75, 3.05) is 26.2 Å². The number of nitrogens with zero attached hydrogens (tertiary/aromatic N) is 1. The van der Waals surface area contributed by atoms with Gasteiger partial charge in [0.25, 0.3) is 0 Å². The van der Waals surface area contributed by atoms with Gasteiger partial charge in [0.2, 0.25) is 0 Å². The highest BCUT2D eigenvalue weighted by Crippen LogP contribution is 2.33. The number of likely N-dealkylation sites (N-methyl/N-ethyl adjacent to an activating group) is 1. The summed E-state index contributed by atoms with van der Waals surface area (Å²) < 4.78 is 0. The van der Waals surface area contributed by atoms with Crippen molar-refractivity contribution in [3.05, 3.63) is 0 Å². The molecule has 0 aromatic carbocycles. The van der Waals surface area contributed by atoms with Gasteiger partial charge in [-0.25, -0.2) is 0 Å². The lowest BCUT2D eigenvalue weighted by Crippen LogP contribution is -2.29. The summed E-state index contributed by atoms with van der Waals surface area (Å²) in [6.07, 6.45) is 9.96. The highest BCUT2D eigenvalue weighted by Gasteiger charge is 2.20. The van der Waals surface area contributed by atoms with E-state index in [1.807, 2.05) is 0 Å². The van der Waals surface area contributed by atoms with Crippen molar-refractivity contribution in [3.63, 3.8) is 0 Å². The van der Waals surface area contributed by atoms with E-state index in [9.17, 15) is 0 Å². The zero-order valence-corrected chi connectivity index (χ0v) is 11.8. The van der Waals surface area contributed by atoms with Crippen molar-refractivity contribution in [1.29, 1.82) is 0 Å². The topological polar surface area (TPSA) is 23.5 Å². The maximum atomic E-state index is 8.96. The summed E-state index contributed by atoms with van der Waals surface area (Å²) in [5.41, 5.74) is 0. The molecule has 0 radical (unpaired) electrons. The second kappa shape index (κ2) is 8.93. The standard InChI is InChI=1S/C15H31NO/c1-3-5-14-6-8-15(9-7-14)10-11-16(4-2)12-13-17/h14-15,17H,3-13H2,1-2H3. The van der Waals surface area contributed by atoms with Gasteiger partial charge in [0.15, 0.2) is 0 Å². The van der Waals surface area contributed by atoms with Crippen molar-refractivity contribution in [2.45, 2.75) is 58.8 Å². The minimum Gasteiger partial charge on any atom is -0.395 e. The van der Waals surface area contributed by atoms with Gasteiger partial charge in [-0.1, -0.05) is 52.4 Å². The van der Waals surface area contributed by atoms with Crippen molar-refractivity contribution in [3.8, 4) is 0 Å². The number of aliphatic hydroxyl groups excluding tert-OH is 1. The molecule has 1 saturated carbocycles. The average Bonchev–Trinajstić information content (AvgIpc) is 2.36. The molecular weight excluding hydrogens is 210 g/mol. The van der Waals surface area contributed by atoms with Crippen LogP contribution in [0.25, 0.3) is 0 Å². The largest absolute Gasteiger partial charge is 0.395 e. The fourth-order valence-electron chi connectivity index (χ4n) is 3.15. The molecule has 0 aromatic rings. The monoisotopic (exact) mass is 241 g/mol. The first kappa shape index (κ1) is 15.0. The molecule has 0 spiro atoms.